The summed E-state index contributed by atoms with van der Waals surface area (Å²) < 4.78 is 0. The molecule has 2 unspecified atom stereocenters. The van der Waals surface area contributed by atoms with E-state index in [0.29, 0.717) is 12.0 Å². The number of hydrogen-bond acceptors (Lipinski definition) is 5. The largest absolute Gasteiger partial charge is 0.507 e. The predicted molar refractivity (Wildman–Crippen MR) is 149 cm³/mol. The van der Waals surface area contributed by atoms with Crippen molar-refractivity contribution in [3.05, 3.63) is 102 Å². The number of Topliss-reactive ketones (excluding diaryl/α,β-unsaturated/α-hetero) is 1. The monoisotopic (exact) mass is 517 g/mol. The summed E-state index contributed by atoms with van der Waals surface area (Å²) in [4.78, 5) is 22.2. The van der Waals surface area contributed by atoms with Gasteiger partial charge >= 0.3 is 5.97 Å². The van der Waals surface area contributed by atoms with E-state index in [1.807, 2.05) is 60.7 Å². The first-order valence-corrected chi connectivity index (χ1v) is 13.3. The van der Waals surface area contributed by atoms with E-state index in [0.717, 1.165) is 43.4 Å². The number of aromatic hydroxyl groups is 1. The smallest absolute Gasteiger partial charge is 0.305 e. The van der Waals surface area contributed by atoms with Gasteiger partial charge in [0.25, 0.3) is 0 Å². The summed E-state index contributed by atoms with van der Waals surface area (Å²) in [7, 11) is 0. The third-order valence-corrected chi connectivity index (χ3v) is 7.17. The summed E-state index contributed by atoms with van der Waals surface area (Å²) in [5.74, 6) is -0.878. The predicted octanol–water partition coefficient (Wildman–Crippen LogP) is 5.78. The number of phenols is 1. The Kier molecular flexibility index (Phi) is 10.6. The molecule has 202 valence electrons. The lowest BCUT2D eigenvalue weighted by Crippen LogP contribution is -2.47. The van der Waals surface area contributed by atoms with Gasteiger partial charge in [-0.25, -0.2) is 0 Å². The normalized spacial score (nSPS) is 17.4. The fourth-order valence-electron chi connectivity index (χ4n) is 4.98. The summed E-state index contributed by atoms with van der Waals surface area (Å²) in [5, 5.41) is 33.6. The number of carboxylic acid groups (broad SMARTS) is 1. The number of para-hydroxylation sites is 1. The minimum Gasteiger partial charge on any atom is -0.507 e. The molecule has 3 aromatic rings. The zero-order valence-electron chi connectivity index (χ0n) is 22.2. The minimum absolute atomic E-state index is 0.0273. The van der Waals surface area contributed by atoms with Crippen molar-refractivity contribution >= 4 is 11.8 Å². The van der Waals surface area contributed by atoms with Crippen LogP contribution in [0.1, 0.15) is 67.4 Å². The van der Waals surface area contributed by atoms with Crippen LogP contribution in [-0.2, 0) is 10.4 Å². The fourth-order valence-corrected chi connectivity index (χ4v) is 4.98. The fraction of sp³-hybridized carbons (Fsp3) is 0.375. The molecular weight excluding hydrogens is 478 g/mol. The van der Waals surface area contributed by atoms with Crippen LogP contribution in [0.5, 0.6) is 5.75 Å². The molecule has 1 aliphatic rings. The van der Waals surface area contributed by atoms with E-state index in [1.54, 1.807) is 38.1 Å². The molecule has 0 saturated carbocycles. The maximum absolute atomic E-state index is 12.5. The molecule has 0 aromatic heterocycles. The van der Waals surface area contributed by atoms with Crippen molar-refractivity contribution in [2.75, 3.05) is 6.54 Å². The molecule has 0 radical (unpaired) electrons. The van der Waals surface area contributed by atoms with Gasteiger partial charge in [0.15, 0.2) is 5.78 Å². The standard InChI is InChI=1S/C28H31NO3.C4H8O2/c30-26-16-8-7-15-25(26)27(31)17-9-14-24-20-23(18-19-29-24)28(32,21-10-3-1-4-11-21)22-12-5-2-6-13-22;1-3(2)4(5)6/h1-8,10-13,15-16,23-24,29-30,32H,9,14,17-20H2;3H,1-2H3,(H,5,6). The molecule has 4 N–H and O–H groups in total. The molecule has 4 rings (SSSR count). The summed E-state index contributed by atoms with van der Waals surface area (Å²) in [6.07, 6.45) is 3.73. The number of rotatable bonds is 9. The van der Waals surface area contributed by atoms with Crippen molar-refractivity contribution in [1.29, 1.82) is 0 Å². The Balaban J connectivity index is 0.000000599. The van der Waals surface area contributed by atoms with E-state index in [-0.39, 0.29) is 29.4 Å². The van der Waals surface area contributed by atoms with Crippen LogP contribution in [0.3, 0.4) is 0 Å². The average Bonchev–Trinajstić information content (AvgIpc) is 2.94. The van der Waals surface area contributed by atoms with Crippen LogP contribution in [0.15, 0.2) is 84.9 Å². The Morgan fingerprint density at radius 2 is 1.45 bits per heavy atom. The molecule has 6 nitrogen and oxygen atoms in total. The van der Waals surface area contributed by atoms with Gasteiger partial charge in [-0.05, 0) is 61.4 Å². The van der Waals surface area contributed by atoms with Gasteiger partial charge in [-0.2, -0.15) is 0 Å². The lowest BCUT2D eigenvalue weighted by atomic mass is 9.70. The van der Waals surface area contributed by atoms with Crippen LogP contribution < -0.4 is 5.32 Å². The number of carbonyl (C=O) groups excluding carboxylic acids is 1. The van der Waals surface area contributed by atoms with Gasteiger partial charge < -0.3 is 20.6 Å². The van der Waals surface area contributed by atoms with Crippen LogP contribution in [0.2, 0.25) is 0 Å². The van der Waals surface area contributed by atoms with Crippen molar-refractivity contribution in [2.45, 2.75) is 57.6 Å². The van der Waals surface area contributed by atoms with E-state index in [9.17, 15) is 19.8 Å². The maximum Gasteiger partial charge on any atom is 0.305 e. The zero-order valence-corrected chi connectivity index (χ0v) is 22.2. The highest BCUT2D eigenvalue weighted by atomic mass is 16.4. The number of ketones is 1. The Hall–Kier alpha value is -3.48. The Morgan fingerprint density at radius 3 is 1.97 bits per heavy atom. The van der Waals surface area contributed by atoms with Crippen LogP contribution in [0.25, 0.3) is 0 Å². The number of aliphatic carboxylic acids is 1. The SMILES string of the molecule is CC(C)C(=O)O.O=C(CCCC1CC(C(O)(c2ccccc2)c2ccccc2)CCN1)c1ccccc1O. The van der Waals surface area contributed by atoms with Gasteiger partial charge in [0, 0.05) is 12.5 Å². The van der Waals surface area contributed by atoms with Crippen molar-refractivity contribution in [3.8, 4) is 5.75 Å². The first kappa shape index (κ1) is 29.1. The lowest BCUT2D eigenvalue weighted by Gasteiger charge is -2.42. The lowest BCUT2D eigenvalue weighted by molar-refractivity contribution is -0.140. The topological polar surface area (TPSA) is 107 Å². The summed E-state index contributed by atoms with van der Waals surface area (Å²) in [6, 6.07) is 26.9. The molecular formula is C32H39NO5. The molecule has 0 aliphatic carbocycles. The molecule has 1 heterocycles. The first-order chi connectivity index (χ1) is 18.2. The molecule has 2 atom stereocenters. The Bertz CT molecular complexity index is 1120. The van der Waals surface area contributed by atoms with Crippen LogP contribution in [-0.4, -0.2) is 39.7 Å². The molecule has 3 aromatic carbocycles. The molecule has 38 heavy (non-hydrogen) atoms. The number of nitrogens with one attached hydrogen (secondary N) is 1. The van der Waals surface area contributed by atoms with E-state index in [4.69, 9.17) is 5.11 Å². The molecule has 1 fully saturated rings. The Morgan fingerprint density at radius 1 is 0.921 bits per heavy atom. The number of aliphatic hydroxyl groups is 1. The quantitative estimate of drug-likeness (QED) is 0.268. The number of carboxylic acids is 1. The summed E-state index contributed by atoms with van der Waals surface area (Å²) >= 11 is 0. The third kappa shape index (κ3) is 7.53. The second kappa shape index (κ2) is 13.9. The molecule has 0 bridgehead atoms. The molecule has 0 spiro atoms. The second-order valence-corrected chi connectivity index (χ2v) is 10.2. The Labute approximate surface area is 225 Å². The number of phenolic OH excluding ortho intramolecular Hbond substituents is 1. The van der Waals surface area contributed by atoms with Gasteiger partial charge in [-0.15, -0.1) is 0 Å². The van der Waals surface area contributed by atoms with Gasteiger partial charge in [0.05, 0.1) is 11.5 Å². The van der Waals surface area contributed by atoms with Gasteiger partial charge in [0.1, 0.15) is 11.4 Å². The van der Waals surface area contributed by atoms with E-state index < -0.39 is 11.6 Å². The van der Waals surface area contributed by atoms with Crippen LogP contribution in [0.4, 0.5) is 0 Å². The highest BCUT2D eigenvalue weighted by molar-refractivity contribution is 5.98. The highest BCUT2D eigenvalue weighted by Gasteiger charge is 2.42. The van der Waals surface area contributed by atoms with Crippen molar-refractivity contribution in [1.82, 2.24) is 5.32 Å². The van der Waals surface area contributed by atoms with E-state index >= 15 is 0 Å². The first-order valence-electron chi connectivity index (χ1n) is 13.3. The van der Waals surface area contributed by atoms with Gasteiger partial charge in [-0.1, -0.05) is 86.6 Å². The molecule has 1 saturated heterocycles. The second-order valence-electron chi connectivity index (χ2n) is 10.2. The summed E-state index contributed by atoms with van der Waals surface area (Å²) in [6.45, 7) is 4.12. The van der Waals surface area contributed by atoms with Crippen LogP contribution >= 0.6 is 0 Å². The third-order valence-electron chi connectivity index (χ3n) is 7.17. The summed E-state index contributed by atoms with van der Waals surface area (Å²) in [5.41, 5.74) is 1.19. The number of benzene rings is 3. The van der Waals surface area contributed by atoms with Gasteiger partial charge in [0.2, 0.25) is 0 Å². The molecule has 1 aliphatic heterocycles. The number of hydrogen-bond donors (Lipinski definition) is 4. The number of piperidine rings is 1. The maximum atomic E-state index is 12.5. The highest BCUT2D eigenvalue weighted by Crippen LogP contribution is 2.42. The van der Waals surface area contributed by atoms with Crippen molar-refractivity contribution < 1.29 is 24.9 Å². The minimum atomic E-state index is -1.05. The molecule has 0 amide bonds. The average molecular weight is 518 g/mol. The zero-order chi connectivity index (χ0) is 27.5. The van der Waals surface area contributed by atoms with E-state index in [2.05, 4.69) is 5.32 Å². The van der Waals surface area contributed by atoms with Gasteiger partial charge in [-0.3, -0.25) is 9.59 Å². The van der Waals surface area contributed by atoms with E-state index in [1.165, 1.54) is 0 Å². The van der Waals surface area contributed by atoms with Crippen molar-refractivity contribution in [2.24, 2.45) is 11.8 Å². The number of carbonyl (C=O) groups is 2. The molecule has 6 heteroatoms. The van der Waals surface area contributed by atoms with Crippen molar-refractivity contribution in [3.63, 3.8) is 0 Å². The van der Waals surface area contributed by atoms with Crippen LogP contribution in [0, 0.1) is 11.8 Å².